The lowest BCUT2D eigenvalue weighted by Gasteiger charge is -2.19. The quantitative estimate of drug-likeness (QED) is 0.504. The molecule has 0 spiro atoms. The monoisotopic (exact) mass is 459 g/mol. The van der Waals surface area contributed by atoms with Crippen molar-refractivity contribution < 1.29 is 27.5 Å². The predicted molar refractivity (Wildman–Crippen MR) is 114 cm³/mol. The average molecular weight is 460 g/mol. The Bertz CT molecular complexity index is 1230. The van der Waals surface area contributed by atoms with Crippen LogP contribution >= 0.6 is 11.3 Å². The summed E-state index contributed by atoms with van der Waals surface area (Å²) in [7, 11) is -3.93. The van der Waals surface area contributed by atoms with Crippen LogP contribution in [0.25, 0.3) is 0 Å². The van der Waals surface area contributed by atoms with Crippen molar-refractivity contribution in [2.24, 2.45) is 0 Å². The largest absolute Gasteiger partial charge is 0.486 e. The van der Waals surface area contributed by atoms with E-state index in [0.29, 0.717) is 29.6 Å². The zero-order valence-corrected chi connectivity index (χ0v) is 17.6. The molecule has 2 amide bonds. The van der Waals surface area contributed by atoms with Crippen molar-refractivity contribution in [1.29, 1.82) is 0 Å². The van der Waals surface area contributed by atoms with E-state index in [4.69, 9.17) is 9.47 Å². The Kier molecular flexibility index (Phi) is 5.78. The van der Waals surface area contributed by atoms with Gasteiger partial charge in [-0.1, -0.05) is 12.1 Å². The number of hydrogen-bond acceptors (Lipinski definition) is 7. The number of benzene rings is 2. The first-order valence-corrected chi connectivity index (χ1v) is 11.5. The molecule has 1 aliphatic rings. The van der Waals surface area contributed by atoms with Crippen molar-refractivity contribution >= 4 is 38.9 Å². The number of hydrazine groups is 1. The number of anilines is 1. The molecule has 4 rings (SSSR count). The Hall–Kier alpha value is -3.57. The normalized spacial score (nSPS) is 12.6. The van der Waals surface area contributed by atoms with Crippen molar-refractivity contribution in [3.05, 3.63) is 70.4 Å². The van der Waals surface area contributed by atoms with E-state index in [-0.39, 0.29) is 16.1 Å². The van der Waals surface area contributed by atoms with Crippen LogP contribution in [-0.2, 0) is 10.0 Å². The number of carbonyl (C=O) groups excluding carboxylic acids is 2. The van der Waals surface area contributed by atoms with Crippen LogP contribution < -0.4 is 25.0 Å². The zero-order valence-electron chi connectivity index (χ0n) is 16.0. The number of nitrogens with one attached hydrogen (secondary N) is 3. The minimum atomic E-state index is -3.93. The molecule has 2 heterocycles. The average Bonchev–Trinajstić information content (AvgIpc) is 3.32. The first kappa shape index (κ1) is 20.7. The topological polar surface area (TPSA) is 123 Å². The summed E-state index contributed by atoms with van der Waals surface area (Å²) in [6, 6.07) is 13.6. The number of carbonyl (C=O) groups is 2. The maximum absolute atomic E-state index is 12.8. The smallest absolute Gasteiger partial charge is 0.279 e. The second-order valence-electron chi connectivity index (χ2n) is 6.38. The summed E-state index contributed by atoms with van der Waals surface area (Å²) in [5.41, 5.74) is 4.96. The molecule has 31 heavy (non-hydrogen) atoms. The highest BCUT2D eigenvalue weighted by atomic mass is 32.2. The van der Waals surface area contributed by atoms with Gasteiger partial charge in [0.2, 0.25) is 0 Å². The third kappa shape index (κ3) is 4.78. The highest BCUT2D eigenvalue weighted by Gasteiger charge is 2.20. The molecule has 0 saturated carbocycles. The second kappa shape index (κ2) is 8.66. The van der Waals surface area contributed by atoms with Crippen molar-refractivity contribution in [3.63, 3.8) is 0 Å². The lowest BCUT2D eigenvalue weighted by atomic mass is 10.2. The van der Waals surface area contributed by atoms with Crippen LogP contribution in [0.15, 0.2) is 64.9 Å². The molecular formula is C20H17N3O6S2. The van der Waals surface area contributed by atoms with Gasteiger partial charge in [-0.25, -0.2) is 8.42 Å². The van der Waals surface area contributed by atoms with E-state index in [1.165, 1.54) is 53.8 Å². The van der Waals surface area contributed by atoms with Gasteiger partial charge in [-0.15, -0.1) is 11.3 Å². The number of rotatable bonds is 5. The molecule has 0 aliphatic carbocycles. The maximum atomic E-state index is 12.8. The molecule has 0 radical (unpaired) electrons. The molecule has 0 atom stereocenters. The summed E-state index contributed by atoms with van der Waals surface area (Å²) in [5.74, 6) is -0.207. The lowest BCUT2D eigenvalue weighted by molar-refractivity contribution is 0.0849. The molecule has 0 bridgehead atoms. The van der Waals surface area contributed by atoms with Gasteiger partial charge in [-0.3, -0.25) is 25.2 Å². The van der Waals surface area contributed by atoms with Gasteiger partial charge in [0.25, 0.3) is 21.8 Å². The molecule has 2 aromatic carbocycles. The van der Waals surface area contributed by atoms with E-state index in [2.05, 4.69) is 15.6 Å². The summed E-state index contributed by atoms with van der Waals surface area (Å²) in [6.45, 7) is 0.740. The molecule has 0 saturated heterocycles. The van der Waals surface area contributed by atoms with Crippen molar-refractivity contribution in [2.75, 3.05) is 17.9 Å². The fourth-order valence-corrected chi connectivity index (χ4v) is 4.47. The van der Waals surface area contributed by atoms with Crippen LogP contribution in [0, 0.1) is 0 Å². The van der Waals surface area contributed by atoms with Crippen LogP contribution in [0.1, 0.15) is 20.0 Å². The second-order valence-corrected chi connectivity index (χ2v) is 9.01. The van der Waals surface area contributed by atoms with Gasteiger partial charge in [0, 0.05) is 17.3 Å². The van der Waals surface area contributed by atoms with Crippen LogP contribution in [-0.4, -0.2) is 33.4 Å². The summed E-state index contributed by atoms with van der Waals surface area (Å²) in [5, 5.41) is 1.74. The van der Waals surface area contributed by atoms with Crippen LogP contribution in [0.5, 0.6) is 11.5 Å². The third-order valence-electron chi connectivity index (χ3n) is 4.24. The number of amides is 2. The zero-order chi connectivity index (χ0) is 21.8. The molecule has 1 aromatic heterocycles. The number of ether oxygens (including phenoxy) is 2. The molecule has 3 N–H and O–H groups in total. The van der Waals surface area contributed by atoms with Crippen LogP contribution in [0.4, 0.5) is 5.69 Å². The minimum absolute atomic E-state index is 0.00480. The number of sulfonamides is 1. The Morgan fingerprint density at radius 3 is 2.42 bits per heavy atom. The highest BCUT2D eigenvalue weighted by molar-refractivity contribution is 7.92. The molecular weight excluding hydrogens is 442 g/mol. The van der Waals surface area contributed by atoms with E-state index in [1.54, 1.807) is 17.5 Å². The fourth-order valence-electron chi connectivity index (χ4n) is 2.78. The van der Waals surface area contributed by atoms with E-state index in [0.717, 1.165) is 0 Å². The Morgan fingerprint density at radius 2 is 1.65 bits per heavy atom. The first-order valence-electron chi connectivity index (χ1n) is 9.09. The van der Waals surface area contributed by atoms with E-state index < -0.39 is 21.8 Å². The third-order valence-corrected chi connectivity index (χ3v) is 6.48. The predicted octanol–water partition coefficient (Wildman–Crippen LogP) is 2.39. The van der Waals surface area contributed by atoms with Crippen molar-refractivity contribution in [1.82, 2.24) is 10.9 Å². The summed E-state index contributed by atoms with van der Waals surface area (Å²) in [4.78, 5) is 24.7. The van der Waals surface area contributed by atoms with Crippen molar-refractivity contribution in [2.45, 2.75) is 4.90 Å². The number of thiophene rings is 1. The van der Waals surface area contributed by atoms with Gasteiger partial charge in [-0.2, -0.15) is 0 Å². The molecule has 160 valence electrons. The van der Waals surface area contributed by atoms with E-state index in [9.17, 15) is 18.0 Å². The standard InChI is InChI=1S/C20H17N3O6S2/c24-19(21-22-20(25)18-5-2-10-30-18)13-3-1-4-14(11-13)23-31(26,27)15-6-7-16-17(12-15)29-9-8-28-16/h1-7,10-12,23H,8-9H2,(H,21,24)(H,22,25). The van der Waals surface area contributed by atoms with Crippen LogP contribution in [0.3, 0.4) is 0 Å². The molecule has 3 aromatic rings. The first-order chi connectivity index (χ1) is 14.9. The van der Waals surface area contributed by atoms with Crippen molar-refractivity contribution in [3.8, 4) is 11.5 Å². The van der Waals surface area contributed by atoms with Gasteiger partial charge in [0.15, 0.2) is 11.5 Å². The van der Waals surface area contributed by atoms with Gasteiger partial charge in [0.05, 0.1) is 9.77 Å². The summed E-state index contributed by atoms with van der Waals surface area (Å²) in [6.07, 6.45) is 0. The number of hydrogen-bond donors (Lipinski definition) is 3. The molecule has 0 fully saturated rings. The lowest BCUT2D eigenvalue weighted by Crippen LogP contribution is -2.41. The molecule has 9 nitrogen and oxygen atoms in total. The van der Waals surface area contributed by atoms with E-state index >= 15 is 0 Å². The SMILES string of the molecule is O=C(NNC(=O)c1cccs1)c1cccc(NS(=O)(=O)c2ccc3c(c2)OCCO3)c1. The Morgan fingerprint density at radius 1 is 0.871 bits per heavy atom. The van der Waals surface area contributed by atoms with Gasteiger partial charge in [0.1, 0.15) is 13.2 Å². The maximum Gasteiger partial charge on any atom is 0.279 e. The van der Waals surface area contributed by atoms with Gasteiger partial charge < -0.3 is 9.47 Å². The molecule has 1 aliphatic heterocycles. The summed E-state index contributed by atoms with van der Waals surface area (Å²) < 4.78 is 38.8. The summed E-state index contributed by atoms with van der Waals surface area (Å²) >= 11 is 1.24. The van der Waals surface area contributed by atoms with Gasteiger partial charge >= 0.3 is 0 Å². The molecule has 11 heteroatoms. The Balaban J connectivity index is 1.45. The molecule has 0 unspecified atom stereocenters. The van der Waals surface area contributed by atoms with Gasteiger partial charge in [-0.05, 0) is 41.8 Å². The van der Waals surface area contributed by atoms with Crippen LogP contribution in [0.2, 0.25) is 0 Å². The fraction of sp³-hybridized carbons (Fsp3) is 0.100. The van der Waals surface area contributed by atoms with E-state index in [1.807, 2.05) is 0 Å². The minimum Gasteiger partial charge on any atom is -0.486 e. The highest BCUT2D eigenvalue weighted by Crippen LogP contribution is 2.32. The number of fused-ring (bicyclic) bond motifs is 1. The Labute approximate surface area is 182 Å².